The van der Waals surface area contributed by atoms with Crippen LogP contribution in [0.4, 0.5) is 5.69 Å². The zero-order valence-corrected chi connectivity index (χ0v) is 14.4. The molecule has 1 amide bonds. The number of amides is 1. The van der Waals surface area contributed by atoms with Crippen LogP contribution in [0.15, 0.2) is 60.7 Å². The van der Waals surface area contributed by atoms with E-state index in [1.165, 1.54) is 0 Å². The molecule has 3 rings (SSSR count). The molecule has 4 nitrogen and oxygen atoms in total. The zero-order chi connectivity index (χ0) is 17.6. The second-order valence-corrected chi connectivity index (χ2v) is 5.58. The SMILES string of the molecule is CCOc1cc(OCC)cc(C(=O)Nc2ccc3ccccc3c2)c1. The Morgan fingerprint density at radius 2 is 1.48 bits per heavy atom. The fourth-order valence-electron chi connectivity index (χ4n) is 2.67. The summed E-state index contributed by atoms with van der Waals surface area (Å²) < 4.78 is 11.1. The van der Waals surface area contributed by atoms with E-state index in [1.807, 2.05) is 56.3 Å². The summed E-state index contributed by atoms with van der Waals surface area (Å²) >= 11 is 0. The number of hydrogen-bond donors (Lipinski definition) is 1. The van der Waals surface area contributed by atoms with E-state index in [-0.39, 0.29) is 5.91 Å². The van der Waals surface area contributed by atoms with Crippen LogP contribution in [0.3, 0.4) is 0 Å². The number of benzene rings is 3. The Kier molecular flexibility index (Phi) is 5.19. The van der Waals surface area contributed by atoms with Crippen molar-refractivity contribution in [3.63, 3.8) is 0 Å². The zero-order valence-electron chi connectivity index (χ0n) is 14.4. The van der Waals surface area contributed by atoms with Crippen molar-refractivity contribution in [2.24, 2.45) is 0 Å². The van der Waals surface area contributed by atoms with Crippen molar-refractivity contribution in [3.05, 3.63) is 66.2 Å². The molecule has 0 spiro atoms. The summed E-state index contributed by atoms with van der Waals surface area (Å²) in [7, 11) is 0. The molecule has 25 heavy (non-hydrogen) atoms. The average Bonchev–Trinajstić information content (AvgIpc) is 2.62. The topological polar surface area (TPSA) is 47.6 Å². The number of carbonyl (C=O) groups is 1. The van der Waals surface area contributed by atoms with Gasteiger partial charge in [-0.3, -0.25) is 4.79 Å². The fraction of sp³-hybridized carbons (Fsp3) is 0.190. The molecule has 0 aromatic heterocycles. The van der Waals surface area contributed by atoms with Gasteiger partial charge in [-0.2, -0.15) is 0 Å². The minimum atomic E-state index is -0.196. The number of fused-ring (bicyclic) bond motifs is 1. The van der Waals surface area contributed by atoms with Gasteiger partial charge in [0, 0.05) is 17.3 Å². The summed E-state index contributed by atoms with van der Waals surface area (Å²) in [5.74, 6) is 1.05. The summed E-state index contributed by atoms with van der Waals surface area (Å²) in [6.07, 6.45) is 0. The van der Waals surface area contributed by atoms with Gasteiger partial charge < -0.3 is 14.8 Å². The first kappa shape index (κ1) is 16.8. The lowest BCUT2D eigenvalue weighted by Gasteiger charge is -2.11. The summed E-state index contributed by atoms with van der Waals surface area (Å²) in [5, 5.41) is 5.16. The minimum Gasteiger partial charge on any atom is -0.494 e. The van der Waals surface area contributed by atoms with E-state index in [2.05, 4.69) is 5.32 Å². The number of anilines is 1. The normalized spacial score (nSPS) is 10.5. The van der Waals surface area contributed by atoms with Gasteiger partial charge in [-0.15, -0.1) is 0 Å². The van der Waals surface area contributed by atoms with Gasteiger partial charge in [0.25, 0.3) is 5.91 Å². The second-order valence-electron chi connectivity index (χ2n) is 5.58. The molecule has 1 N–H and O–H groups in total. The number of ether oxygens (including phenoxy) is 2. The van der Waals surface area contributed by atoms with Crippen molar-refractivity contribution in [2.45, 2.75) is 13.8 Å². The Bertz CT molecular complexity index is 865. The van der Waals surface area contributed by atoms with Crippen LogP contribution in [-0.2, 0) is 0 Å². The van der Waals surface area contributed by atoms with Gasteiger partial charge in [0.05, 0.1) is 13.2 Å². The molecule has 128 valence electrons. The van der Waals surface area contributed by atoms with Crippen LogP contribution in [-0.4, -0.2) is 19.1 Å². The third-order valence-corrected chi connectivity index (χ3v) is 3.77. The first-order valence-corrected chi connectivity index (χ1v) is 8.40. The highest BCUT2D eigenvalue weighted by molar-refractivity contribution is 6.05. The highest BCUT2D eigenvalue weighted by atomic mass is 16.5. The Balaban J connectivity index is 1.85. The number of nitrogens with one attached hydrogen (secondary N) is 1. The maximum absolute atomic E-state index is 12.6. The minimum absolute atomic E-state index is 0.196. The predicted octanol–water partition coefficient (Wildman–Crippen LogP) is 4.89. The van der Waals surface area contributed by atoms with Crippen LogP contribution in [0.25, 0.3) is 10.8 Å². The van der Waals surface area contributed by atoms with Crippen LogP contribution in [0.5, 0.6) is 11.5 Å². The molecule has 0 atom stereocenters. The van der Waals surface area contributed by atoms with Crippen LogP contribution < -0.4 is 14.8 Å². The Hall–Kier alpha value is -3.01. The maximum Gasteiger partial charge on any atom is 0.255 e. The average molecular weight is 335 g/mol. The van der Waals surface area contributed by atoms with Gasteiger partial charge in [0.2, 0.25) is 0 Å². The van der Waals surface area contributed by atoms with Gasteiger partial charge in [-0.1, -0.05) is 30.3 Å². The van der Waals surface area contributed by atoms with Crippen LogP contribution in [0, 0.1) is 0 Å². The number of hydrogen-bond acceptors (Lipinski definition) is 3. The first-order chi connectivity index (χ1) is 12.2. The fourth-order valence-corrected chi connectivity index (χ4v) is 2.67. The molecule has 0 aliphatic rings. The van der Waals surface area contributed by atoms with E-state index < -0.39 is 0 Å². The van der Waals surface area contributed by atoms with Gasteiger partial charge in [0.15, 0.2) is 0 Å². The summed E-state index contributed by atoms with van der Waals surface area (Å²) in [6, 6.07) is 19.1. The molecule has 0 saturated heterocycles. The van der Waals surface area contributed by atoms with Crippen molar-refractivity contribution in [1.82, 2.24) is 0 Å². The maximum atomic E-state index is 12.6. The Labute approximate surface area is 147 Å². The molecule has 0 aliphatic carbocycles. The van der Waals surface area contributed by atoms with Gasteiger partial charge >= 0.3 is 0 Å². The van der Waals surface area contributed by atoms with Crippen molar-refractivity contribution in [2.75, 3.05) is 18.5 Å². The van der Waals surface area contributed by atoms with E-state index >= 15 is 0 Å². The van der Waals surface area contributed by atoms with E-state index in [9.17, 15) is 4.79 Å². The molecule has 0 saturated carbocycles. The van der Waals surface area contributed by atoms with Crippen molar-refractivity contribution in [1.29, 1.82) is 0 Å². The van der Waals surface area contributed by atoms with Crippen molar-refractivity contribution in [3.8, 4) is 11.5 Å². The molecule has 3 aromatic rings. The summed E-state index contributed by atoms with van der Waals surface area (Å²) in [5.41, 5.74) is 1.26. The third kappa shape index (κ3) is 4.10. The molecular formula is C21H21NO3. The molecule has 0 heterocycles. The molecular weight excluding hydrogens is 314 g/mol. The first-order valence-electron chi connectivity index (χ1n) is 8.40. The van der Waals surface area contributed by atoms with Gasteiger partial charge in [0.1, 0.15) is 11.5 Å². The molecule has 0 bridgehead atoms. The predicted molar refractivity (Wildman–Crippen MR) is 101 cm³/mol. The van der Waals surface area contributed by atoms with Crippen molar-refractivity contribution < 1.29 is 14.3 Å². The highest BCUT2D eigenvalue weighted by Crippen LogP contribution is 2.25. The van der Waals surface area contributed by atoms with Crippen LogP contribution in [0.1, 0.15) is 24.2 Å². The summed E-state index contributed by atoms with van der Waals surface area (Å²) in [4.78, 5) is 12.6. The van der Waals surface area contributed by atoms with E-state index in [0.29, 0.717) is 30.3 Å². The monoisotopic (exact) mass is 335 g/mol. The second kappa shape index (κ2) is 7.71. The smallest absolute Gasteiger partial charge is 0.255 e. The molecule has 0 aliphatic heterocycles. The lowest BCUT2D eigenvalue weighted by Crippen LogP contribution is -2.12. The molecule has 3 aromatic carbocycles. The Morgan fingerprint density at radius 1 is 0.840 bits per heavy atom. The molecule has 0 radical (unpaired) electrons. The van der Waals surface area contributed by atoms with E-state index in [1.54, 1.807) is 18.2 Å². The number of rotatable bonds is 6. The third-order valence-electron chi connectivity index (χ3n) is 3.77. The number of carbonyl (C=O) groups excluding carboxylic acids is 1. The van der Waals surface area contributed by atoms with Gasteiger partial charge in [-0.25, -0.2) is 0 Å². The lowest BCUT2D eigenvalue weighted by molar-refractivity contribution is 0.102. The van der Waals surface area contributed by atoms with Crippen molar-refractivity contribution >= 4 is 22.4 Å². The quantitative estimate of drug-likeness (QED) is 0.698. The highest BCUT2D eigenvalue weighted by Gasteiger charge is 2.11. The molecule has 4 heteroatoms. The largest absolute Gasteiger partial charge is 0.494 e. The van der Waals surface area contributed by atoms with Crippen LogP contribution >= 0.6 is 0 Å². The standard InChI is InChI=1S/C21H21NO3/c1-3-24-19-12-17(13-20(14-19)25-4-2)21(23)22-18-10-9-15-7-5-6-8-16(15)11-18/h5-14H,3-4H2,1-2H3,(H,22,23). The van der Waals surface area contributed by atoms with Crippen LogP contribution in [0.2, 0.25) is 0 Å². The lowest BCUT2D eigenvalue weighted by atomic mass is 10.1. The Morgan fingerprint density at radius 3 is 2.12 bits per heavy atom. The molecule has 0 fully saturated rings. The molecule has 0 unspecified atom stereocenters. The van der Waals surface area contributed by atoms with E-state index in [0.717, 1.165) is 16.5 Å². The van der Waals surface area contributed by atoms with E-state index in [4.69, 9.17) is 9.47 Å². The van der Waals surface area contributed by atoms with Gasteiger partial charge in [-0.05, 0) is 48.9 Å². The summed E-state index contributed by atoms with van der Waals surface area (Å²) in [6.45, 7) is 4.87.